The van der Waals surface area contributed by atoms with Gasteiger partial charge in [0.1, 0.15) is 24.4 Å². The summed E-state index contributed by atoms with van der Waals surface area (Å²) in [6.07, 6.45) is 2.19. The fourth-order valence-electron chi connectivity index (χ4n) is 1.52. The standard InChI is InChI=1S/C11H8F2N4O3/c12-7-1-8(13)3-9(2-7)15-11(18)5-16-4-10(14-6-16)17(19)20/h1-4,6H,5H2,(H,15,18). The lowest BCUT2D eigenvalue weighted by Gasteiger charge is -2.05. The highest BCUT2D eigenvalue weighted by Gasteiger charge is 2.12. The lowest BCUT2D eigenvalue weighted by atomic mass is 10.3. The summed E-state index contributed by atoms with van der Waals surface area (Å²) < 4.78 is 27.0. The first-order valence-electron chi connectivity index (χ1n) is 5.36. The van der Waals surface area contributed by atoms with Gasteiger partial charge in [0.25, 0.3) is 0 Å². The molecule has 0 atom stereocenters. The van der Waals surface area contributed by atoms with Gasteiger partial charge in [-0.1, -0.05) is 0 Å². The Labute approximate surface area is 111 Å². The number of carbonyl (C=O) groups is 1. The number of imidazole rings is 1. The topological polar surface area (TPSA) is 90.1 Å². The first kappa shape index (κ1) is 13.6. The minimum atomic E-state index is -0.821. The molecule has 0 radical (unpaired) electrons. The Balaban J connectivity index is 2.03. The van der Waals surface area contributed by atoms with E-state index in [1.807, 2.05) is 0 Å². The molecule has 9 heteroatoms. The van der Waals surface area contributed by atoms with E-state index >= 15 is 0 Å². The SMILES string of the molecule is O=C(Cn1cnc([N+](=O)[O-])c1)Nc1cc(F)cc(F)c1. The molecule has 1 amide bonds. The second-order valence-corrected chi connectivity index (χ2v) is 3.87. The number of nitro groups is 1. The number of nitrogens with one attached hydrogen (secondary N) is 1. The van der Waals surface area contributed by atoms with Crippen molar-refractivity contribution >= 4 is 17.4 Å². The van der Waals surface area contributed by atoms with Crippen LogP contribution in [0.25, 0.3) is 0 Å². The number of rotatable bonds is 4. The third kappa shape index (κ3) is 3.34. The zero-order valence-corrected chi connectivity index (χ0v) is 9.92. The molecule has 0 bridgehead atoms. The third-order valence-corrected chi connectivity index (χ3v) is 2.28. The molecule has 0 aliphatic rings. The molecule has 1 aromatic heterocycles. The highest BCUT2D eigenvalue weighted by Crippen LogP contribution is 2.13. The summed E-state index contributed by atoms with van der Waals surface area (Å²) in [6, 6.07) is 2.59. The van der Waals surface area contributed by atoms with Crippen LogP contribution in [0.15, 0.2) is 30.7 Å². The highest BCUT2D eigenvalue weighted by molar-refractivity contribution is 5.90. The number of nitrogens with zero attached hydrogens (tertiary/aromatic N) is 3. The van der Waals surface area contributed by atoms with Crippen LogP contribution in [0.2, 0.25) is 0 Å². The Morgan fingerprint density at radius 1 is 1.35 bits per heavy atom. The highest BCUT2D eigenvalue weighted by atomic mass is 19.1. The van der Waals surface area contributed by atoms with Crippen LogP contribution in [-0.4, -0.2) is 20.4 Å². The minimum absolute atomic E-state index is 0.0397. The zero-order chi connectivity index (χ0) is 14.7. The lowest BCUT2D eigenvalue weighted by Crippen LogP contribution is -2.18. The lowest BCUT2D eigenvalue weighted by molar-refractivity contribution is -0.389. The number of hydrogen-bond acceptors (Lipinski definition) is 4. The van der Waals surface area contributed by atoms with Gasteiger partial charge >= 0.3 is 5.82 Å². The number of halogens is 2. The van der Waals surface area contributed by atoms with Crippen molar-refractivity contribution < 1.29 is 18.5 Å². The van der Waals surface area contributed by atoms with Crippen molar-refractivity contribution in [3.05, 3.63) is 52.5 Å². The fraction of sp³-hybridized carbons (Fsp3) is 0.0909. The molecule has 2 rings (SSSR count). The van der Waals surface area contributed by atoms with E-state index in [1.165, 1.54) is 4.57 Å². The predicted molar refractivity (Wildman–Crippen MR) is 63.9 cm³/mol. The Bertz CT molecular complexity index is 651. The van der Waals surface area contributed by atoms with Crippen LogP contribution in [0.4, 0.5) is 20.3 Å². The number of anilines is 1. The van der Waals surface area contributed by atoms with Gasteiger partial charge in [0.15, 0.2) is 0 Å². The van der Waals surface area contributed by atoms with Gasteiger partial charge in [-0.15, -0.1) is 0 Å². The summed E-state index contributed by atoms with van der Waals surface area (Å²) in [6.45, 7) is -0.265. The summed E-state index contributed by atoms with van der Waals surface area (Å²) in [5.74, 6) is -2.63. The van der Waals surface area contributed by atoms with Crippen LogP contribution in [0.1, 0.15) is 0 Å². The molecule has 0 saturated carbocycles. The second kappa shape index (κ2) is 5.43. The van der Waals surface area contributed by atoms with Crippen molar-refractivity contribution in [1.29, 1.82) is 0 Å². The number of benzene rings is 1. The van der Waals surface area contributed by atoms with E-state index < -0.39 is 28.3 Å². The third-order valence-electron chi connectivity index (χ3n) is 2.28. The van der Waals surface area contributed by atoms with Gasteiger partial charge in [-0.3, -0.25) is 4.79 Å². The van der Waals surface area contributed by atoms with Gasteiger partial charge in [-0.2, -0.15) is 0 Å². The van der Waals surface area contributed by atoms with E-state index in [-0.39, 0.29) is 12.2 Å². The van der Waals surface area contributed by atoms with Gasteiger partial charge in [0.05, 0.1) is 0 Å². The molecule has 0 unspecified atom stereocenters. The van der Waals surface area contributed by atoms with Gasteiger partial charge in [0, 0.05) is 11.8 Å². The molecule has 104 valence electrons. The number of hydrogen-bond donors (Lipinski definition) is 1. The smallest absolute Gasteiger partial charge is 0.358 e. The van der Waals surface area contributed by atoms with E-state index in [4.69, 9.17) is 0 Å². The van der Waals surface area contributed by atoms with E-state index in [1.54, 1.807) is 0 Å². The van der Waals surface area contributed by atoms with E-state index in [9.17, 15) is 23.7 Å². The second-order valence-electron chi connectivity index (χ2n) is 3.87. The Kier molecular flexibility index (Phi) is 3.69. The van der Waals surface area contributed by atoms with E-state index in [2.05, 4.69) is 10.3 Å². The van der Waals surface area contributed by atoms with Crippen LogP contribution < -0.4 is 5.32 Å². The molecule has 7 nitrogen and oxygen atoms in total. The first-order chi connectivity index (χ1) is 9.44. The van der Waals surface area contributed by atoms with Crippen molar-refractivity contribution in [2.45, 2.75) is 6.54 Å². The van der Waals surface area contributed by atoms with Crippen molar-refractivity contribution in [3.63, 3.8) is 0 Å². The van der Waals surface area contributed by atoms with Crippen molar-refractivity contribution in [1.82, 2.24) is 9.55 Å². The van der Waals surface area contributed by atoms with Gasteiger partial charge in [0.2, 0.25) is 12.2 Å². The molecule has 2 aromatic rings. The van der Waals surface area contributed by atoms with Gasteiger partial charge in [-0.25, -0.2) is 8.78 Å². The van der Waals surface area contributed by atoms with Crippen molar-refractivity contribution in [3.8, 4) is 0 Å². The Morgan fingerprint density at radius 3 is 2.55 bits per heavy atom. The number of amides is 1. The molecule has 0 saturated heterocycles. The van der Waals surface area contributed by atoms with Crippen LogP contribution >= 0.6 is 0 Å². The van der Waals surface area contributed by atoms with E-state index in [0.717, 1.165) is 24.7 Å². The first-order valence-corrected chi connectivity index (χ1v) is 5.36. The van der Waals surface area contributed by atoms with Gasteiger partial charge < -0.3 is 20.0 Å². The zero-order valence-electron chi connectivity index (χ0n) is 9.92. The molecule has 0 aliphatic carbocycles. The maximum Gasteiger partial charge on any atom is 0.381 e. The molecule has 1 N–H and O–H groups in total. The Hall–Kier alpha value is -2.84. The maximum absolute atomic E-state index is 12.9. The molecule has 0 fully saturated rings. The molecule has 0 spiro atoms. The van der Waals surface area contributed by atoms with Crippen LogP contribution in [0.3, 0.4) is 0 Å². The Morgan fingerprint density at radius 2 is 2.00 bits per heavy atom. The molecule has 0 aliphatic heterocycles. The van der Waals surface area contributed by atoms with Crippen LogP contribution in [0, 0.1) is 21.7 Å². The molecule has 1 heterocycles. The average Bonchev–Trinajstić information content (AvgIpc) is 2.75. The molecular formula is C11H8F2N4O3. The normalized spacial score (nSPS) is 10.3. The van der Waals surface area contributed by atoms with E-state index in [0.29, 0.717) is 6.07 Å². The van der Waals surface area contributed by atoms with Gasteiger partial charge in [-0.05, 0) is 22.0 Å². The maximum atomic E-state index is 12.9. The minimum Gasteiger partial charge on any atom is -0.358 e. The van der Waals surface area contributed by atoms with Crippen LogP contribution in [-0.2, 0) is 11.3 Å². The summed E-state index contributed by atoms with van der Waals surface area (Å²) in [7, 11) is 0. The largest absolute Gasteiger partial charge is 0.381 e. The molecular weight excluding hydrogens is 274 g/mol. The fourth-order valence-corrected chi connectivity index (χ4v) is 1.52. The summed E-state index contributed by atoms with van der Waals surface area (Å²) >= 11 is 0. The predicted octanol–water partition coefficient (Wildman–Crippen LogP) is 1.71. The van der Waals surface area contributed by atoms with Crippen molar-refractivity contribution in [2.24, 2.45) is 0 Å². The summed E-state index contributed by atoms with van der Waals surface area (Å²) in [5, 5.41) is 12.7. The summed E-state index contributed by atoms with van der Waals surface area (Å²) in [4.78, 5) is 24.8. The summed E-state index contributed by atoms with van der Waals surface area (Å²) in [5.41, 5.74) is -0.0397. The molecule has 20 heavy (non-hydrogen) atoms. The monoisotopic (exact) mass is 282 g/mol. The number of aromatic nitrogens is 2. The number of carbonyl (C=O) groups excluding carboxylic acids is 1. The quantitative estimate of drug-likeness (QED) is 0.682. The van der Waals surface area contributed by atoms with Crippen LogP contribution in [0.5, 0.6) is 0 Å². The molecule has 1 aromatic carbocycles. The average molecular weight is 282 g/mol. The van der Waals surface area contributed by atoms with Crippen molar-refractivity contribution in [2.75, 3.05) is 5.32 Å².